The number of carboxylic acids is 1. The van der Waals surface area contributed by atoms with Gasteiger partial charge in [-0.05, 0) is 37.6 Å². The van der Waals surface area contributed by atoms with Crippen LogP contribution in [0.5, 0.6) is 0 Å². The highest BCUT2D eigenvalue weighted by Crippen LogP contribution is 2.10. The van der Waals surface area contributed by atoms with Crippen molar-refractivity contribution in [3.63, 3.8) is 0 Å². The number of nitrogens with one attached hydrogen (secondary N) is 1. The Balaban J connectivity index is 2.90. The molecule has 0 radical (unpaired) electrons. The maximum atomic E-state index is 12.0. The highest BCUT2D eigenvalue weighted by atomic mass is 32.2. The van der Waals surface area contributed by atoms with Gasteiger partial charge in [0.05, 0.1) is 11.3 Å². The van der Waals surface area contributed by atoms with Crippen molar-refractivity contribution < 1.29 is 23.1 Å². The Morgan fingerprint density at radius 3 is 2.30 bits per heavy atom. The van der Waals surface area contributed by atoms with Crippen molar-refractivity contribution in [1.82, 2.24) is 5.32 Å². The van der Waals surface area contributed by atoms with Crippen molar-refractivity contribution in [2.45, 2.75) is 19.9 Å². The predicted octanol–water partition coefficient (Wildman–Crippen LogP) is 0.856. The number of rotatable bonds is 5. The van der Waals surface area contributed by atoms with Crippen LogP contribution in [0.2, 0.25) is 0 Å². The summed E-state index contributed by atoms with van der Waals surface area (Å²) < 4.78 is 22.3. The lowest BCUT2D eigenvalue weighted by molar-refractivity contribution is 0.0696. The molecule has 0 aliphatic heterocycles. The van der Waals surface area contributed by atoms with Crippen LogP contribution in [0, 0.1) is 6.92 Å². The minimum absolute atomic E-state index is 0.0194. The molecule has 2 N–H and O–H groups in total. The third-order valence-electron chi connectivity index (χ3n) is 2.52. The second-order valence-corrected chi connectivity index (χ2v) is 7.04. The summed E-state index contributed by atoms with van der Waals surface area (Å²) in [7, 11) is -3.19. The molecule has 0 heterocycles. The highest BCUT2D eigenvalue weighted by molar-refractivity contribution is 7.90. The fourth-order valence-corrected chi connectivity index (χ4v) is 2.83. The summed E-state index contributed by atoms with van der Waals surface area (Å²) in [6, 6.07) is 3.72. The van der Waals surface area contributed by atoms with E-state index in [9.17, 15) is 18.0 Å². The molecule has 0 saturated carbocycles. The van der Waals surface area contributed by atoms with Crippen LogP contribution in [0.3, 0.4) is 0 Å². The molecule has 1 unspecified atom stereocenters. The first kappa shape index (κ1) is 16.2. The number of sulfone groups is 1. The van der Waals surface area contributed by atoms with E-state index in [1.165, 1.54) is 12.1 Å². The third-order valence-corrected chi connectivity index (χ3v) is 3.62. The molecule has 110 valence electrons. The molecule has 6 nitrogen and oxygen atoms in total. The lowest BCUT2D eigenvalue weighted by atomic mass is 10.1. The van der Waals surface area contributed by atoms with E-state index in [1.54, 1.807) is 19.9 Å². The Kier molecular flexibility index (Phi) is 4.88. The number of hydrogen-bond donors (Lipinski definition) is 2. The largest absolute Gasteiger partial charge is 0.478 e. The molecule has 1 aromatic carbocycles. The third kappa shape index (κ3) is 5.00. The van der Waals surface area contributed by atoms with Gasteiger partial charge in [0.1, 0.15) is 9.84 Å². The molecular weight excluding hydrogens is 282 g/mol. The van der Waals surface area contributed by atoms with Gasteiger partial charge in [0, 0.05) is 17.9 Å². The topological polar surface area (TPSA) is 101 Å². The second kappa shape index (κ2) is 6.04. The Morgan fingerprint density at radius 1 is 1.25 bits per heavy atom. The fourth-order valence-electron chi connectivity index (χ4n) is 1.84. The van der Waals surface area contributed by atoms with Crippen molar-refractivity contribution in [1.29, 1.82) is 0 Å². The number of carboxylic acid groups (broad SMARTS) is 1. The van der Waals surface area contributed by atoms with Crippen molar-refractivity contribution in [3.8, 4) is 0 Å². The van der Waals surface area contributed by atoms with Crippen LogP contribution in [-0.4, -0.2) is 43.5 Å². The van der Waals surface area contributed by atoms with Gasteiger partial charge in [-0.15, -0.1) is 0 Å². The molecule has 0 spiro atoms. The molecule has 1 rings (SSSR count). The molecule has 0 bridgehead atoms. The summed E-state index contributed by atoms with van der Waals surface area (Å²) in [5.74, 6) is -1.78. The van der Waals surface area contributed by atoms with Gasteiger partial charge in [-0.3, -0.25) is 4.79 Å². The van der Waals surface area contributed by atoms with E-state index in [0.29, 0.717) is 5.56 Å². The van der Waals surface area contributed by atoms with Crippen molar-refractivity contribution in [2.24, 2.45) is 0 Å². The lowest BCUT2D eigenvalue weighted by Crippen LogP contribution is -2.37. The number of carbonyl (C=O) groups excluding carboxylic acids is 1. The molecular formula is C13H17NO5S. The SMILES string of the molecule is Cc1cc(C(=O)O)cc(C(=O)NC(C)CS(C)(=O)=O)c1. The van der Waals surface area contributed by atoms with Gasteiger partial charge >= 0.3 is 5.97 Å². The van der Waals surface area contributed by atoms with E-state index in [2.05, 4.69) is 5.32 Å². The minimum Gasteiger partial charge on any atom is -0.478 e. The Labute approximate surface area is 117 Å². The van der Waals surface area contributed by atoms with Crippen LogP contribution in [0.15, 0.2) is 18.2 Å². The maximum Gasteiger partial charge on any atom is 0.335 e. The summed E-state index contributed by atoms with van der Waals surface area (Å²) in [6.45, 7) is 3.26. The first-order valence-corrected chi connectivity index (χ1v) is 7.98. The average molecular weight is 299 g/mol. The number of benzene rings is 1. The van der Waals surface area contributed by atoms with E-state index in [4.69, 9.17) is 5.11 Å². The van der Waals surface area contributed by atoms with Gasteiger partial charge in [0.25, 0.3) is 5.91 Å². The van der Waals surface area contributed by atoms with Crippen LogP contribution in [0.1, 0.15) is 33.2 Å². The molecule has 0 saturated heterocycles. The summed E-state index contributed by atoms with van der Waals surface area (Å²) in [5, 5.41) is 11.5. The van der Waals surface area contributed by atoms with E-state index in [-0.39, 0.29) is 16.9 Å². The van der Waals surface area contributed by atoms with Crippen molar-refractivity contribution in [2.75, 3.05) is 12.0 Å². The molecule has 0 fully saturated rings. The molecule has 7 heteroatoms. The van der Waals surface area contributed by atoms with E-state index < -0.39 is 27.8 Å². The molecule has 0 aliphatic carbocycles. The molecule has 1 atom stereocenters. The van der Waals surface area contributed by atoms with Gasteiger partial charge in [-0.2, -0.15) is 0 Å². The van der Waals surface area contributed by atoms with Crippen molar-refractivity contribution >= 4 is 21.7 Å². The Bertz CT molecular complexity index is 636. The lowest BCUT2D eigenvalue weighted by Gasteiger charge is -2.13. The van der Waals surface area contributed by atoms with E-state index >= 15 is 0 Å². The fraction of sp³-hybridized carbons (Fsp3) is 0.385. The molecule has 20 heavy (non-hydrogen) atoms. The number of hydrogen-bond acceptors (Lipinski definition) is 4. The van der Waals surface area contributed by atoms with E-state index in [0.717, 1.165) is 6.26 Å². The van der Waals surface area contributed by atoms with Crippen LogP contribution < -0.4 is 5.32 Å². The summed E-state index contributed by atoms with van der Waals surface area (Å²) >= 11 is 0. The molecule has 0 aromatic heterocycles. The zero-order valence-corrected chi connectivity index (χ0v) is 12.3. The zero-order chi connectivity index (χ0) is 15.5. The van der Waals surface area contributed by atoms with E-state index in [1.807, 2.05) is 0 Å². The normalized spacial score (nSPS) is 12.8. The van der Waals surface area contributed by atoms with Gasteiger partial charge in [-0.1, -0.05) is 0 Å². The first-order valence-electron chi connectivity index (χ1n) is 5.92. The summed E-state index contributed by atoms with van der Waals surface area (Å²) in [5.41, 5.74) is 0.861. The summed E-state index contributed by atoms with van der Waals surface area (Å²) in [4.78, 5) is 22.9. The quantitative estimate of drug-likeness (QED) is 0.839. The number of aromatic carboxylic acids is 1. The minimum atomic E-state index is -3.19. The molecule has 1 aromatic rings. The standard InChI is InChI=1S/C13H17NO5S/c1-8-4-10(6-11(5-8)13(16)17)12(15)14-9(2)7-20(3,18)19/h4-6,9H,7H2,1-3H3,(H,14,15)(H,16,17). The van der Waals surface area contributed by atoms with Crippen LogP contribution in [0.4, 0.5) is 0 Å². The van der Waals surface area contributed by atoms with Crippen molar-refractivity contribution in [3.05, 3.63) is 34.9 Å². The Morgan fingerprint density at radius 2 is 1.80 bits per heavy atom. The monoisotopic (exact) mass is 299 g/mol. The highest BCUT2D eigenvalue weighted by Gasteiger charge is 2.16. The molecule has 1 amide bonds. The van der Waals surface area contributed by atoms with Crippen LogP contribution >= 0.6 is 0 Å². The van der Waals surface area contributed by atoms with Gasteiger partial charge in [0.2, 0.25) is 0 Å². The van der Waals surface area contributed by atoms with Gasteiger partial charge in [-0.25, -0.2) is 13.2 Å². The second-order valence-electron chi connectivity index (χ2n) is 4.86. The number of aryl methyl sites for hydroxylation is 1. The summed E-state index contributed by atoms with van der Waals surface area (Å²) in [6.07, 6.45) is 1.09. The predicted molar refractivity (Wildman–Crippen MR) is 74.8 cm³/mol. The zero-order valence-electron chi connectivity index (χ0n) is 11.5. The first-order chi connectivity index (χ1) is 9.08. The smallest absolute Gasteiger partial charge is 0.335 e. The Hall–Kier alpha value is -1.89. The molecule has 0 aliphatic rings. The van der Waals surface area contributed by atoms with Gasteiger partial charge < -0.3 is 10.4 Å². The van der Waals surface area contributed by atoms with Crippen LogP contribution in [-0.2, 0) is 9.84 Å². The average Bonchev–Trinajstić information content (AvgIpc) is 2.25. The number of amides is 1. The maximum absolute atomic E-state index is 12.0. The number of carbonyl (C=O) groups is 2. The van der Waals surface area contributed by atoms with Gasteiger partial charge in [0.15, 0.2) is 0 Å². The van der Waals surface area contributed by atoms with Crippen LogP contribution in [0.25, 0.3) is 0 Å².